The fraction of sp³-hybridized carbons (Fsp3) is 0.222. The Kier molecular flexibility index (Phi) is 2.48. The summed E-state index contributed by atoms with van der Waals surface area (Å²) in [7, 11) is 0. The van der Waals surface area contributed by atoms with Gasteiger partial charge in [-0.15, -0.1) is 0 Å². The van der Waals surface area contributed by atoms with Crippen LogP contribution in [0.25, 0.3) is 0 Å². The van der Waals surface area contributed by atoms with Crippen LogP contribution in [-0.2, 0) is 0 Å². The first-order chi connectivity index (χ1) is 9.46. The minimum atomic E-state index is 0.0130. The van der Waals surface area contributed by atoms with Crippen LogP contribution in [0, 0.1) is 10.8 Å². The summed E-state index contributed by atoms with van der Waals surface area (Å²) in [6.07, 6.45) is 18.1. The molecule has 0 aromatic rings. The largest absolute Gasteiger partial charge is 0.0578 e. The van der Waals surface area contributed by atoms with Crippen LogP contribution in [0.2, 0.25) is 0 Å². The van der Waals surface area contributed by atoms with Crippen molar-refractivity contribution in [2.45, 2.75) is 13.8 Å². The van der Waals surface area contributed by atoms with Crippen LogP contribution in [0.5, 0.6) is 0 Å². The summed E-state index contributed by atoms with van der Waals surface area (Å²) < 4.78 is 2.31. The van der Waals surface area contributed by atoms with Crippen LogP contribution in [0.15, 0.2) is 79.9 Å². The first-order valence-electron chi connectivity index (χ1n) is 6.76. The van der Waals surface area contributed by atoms with Crippen molar-refractivity contribution < 1.29 is 0 Å². The Morgan fingerprint density at radius 1 is 0.650 bits per heavy atom. The van der Waals surface area contributed by atoms with Gasteiger partial charge in [0.15, 0.2) is 0 Å². The molecule has 2 heteroatoms. The fourth-order valence-electron chi connectivity index (χ4n) is 3.96. The van der Waals surface area contributed by atoms with Gasteiger partial charge in [-0.25, -0.2) is 0 Å². The van der Waals surface area contributed by atoms with Gasteiger partial charge in [0.2, 0.25) is 0 Å². The van der Waals surface area contributed by atoms with Gasteiger partial charge in [0.05, 0.1) is 0 Å². The van der Waals surface area contributed by atoms with Crippen LogP contribution in [0.1, 0.15) is 13.8 Å². The number of hydrogen-bond donors (Lipinski definition) is 0. The van der Waals surface area contributed by atoms with Gasteiger partial charge in [-0.3, -0.25) is 0 Å². The summed E-state index contributed by atoms with van der Waals surface area (Å²) in [6.45, 7) is 4.75. The van der Waals surface area contributed by atoms with Gasteiger partial charge in [0, 0.05) is 19.8 Å². The Balaban J connectivity index is 2.13. The number of allylic oxidation sites excluding steroid dienone is 14. The predicted octanol–water partition coefficient (Wildman–Crippen LogP) is 5.87. The minimum absolute atomic E-state index is 0.0130. The molecule has 0 aromatic heterocycles. The lowest BCUT2D eigenvalue weighted by molar-refractivity contribution is 0.249. The molecule has 4 aliphatic rings. The third kappa shape index (κ3) is 1.32. The molecule has 20 heavy (non-hydrogen) atoms. The van der Waals surface area contributed by atoms with Crippen LogP contribution in [0.4, 0.5) is 0 Å². The van der Waals surface area contributed by atoms with E-state index in [1.54, 1.807) is 0 Å². The van der Waals surface area contributed by atoms with E-state index < -0.39 is 0 Å². The van der Waals surface area contributed by atoms with E-state index in [4.69, 9.17) is 0 Å². The average Bonchev–Trinajstić information content (AvgIpc) is 2.38. The van der Waals surface area contributed by atoms with E-state index in [1.807, 2.05) is 0 Å². The zero-order valence-electron chi connectivity index (χ0n) is 11.4. The molecule has 2 unspecified atom stereocenters. The highest BCUT2D eigenvalue weighted by Gasteiger charge is 2.55. The van der Waals surface area contributed by atoms with Crippen LogP contribution in [-0.4, -0.2) is 0 Å². The molecule has 0 N–H and O–H groups in total. The topological polar surface area (TPSA) is 0 Å². The first-order valence-corrected chi connectivity index (χ1v) is 8.34. The molecular formula is C18H14Br2. The second-order valence-corrected chi connectivity index (χ2v) is 7.92. The lowest BCUT2D eigenvalue weighted by Gasteiger charge is -2.56. The molecule has 4 rings (SSSR count). The van der Waals surface area contributed by atoms with Crippen molar-refractivity contribution in [3.63, 3.8) is 0 Å². The van der Waals surface area contributed by atoms with E-state index in [0.29, 0.717) is 0 Å². The molecule has 0 fully saturated rings. The highest BCUT2D eigenvalue weighted by atomic mass is 79.9. The van der Waals surface area contributed by atoms with E-state index in [0.717, 1.165) is 8.96 Å². The molecule has 0 saturated heterocycles. The summed E-state index contributed by atoms with van der Waals surface area (Å²) in [5.74, 6) is 0. The number of hydrogen-bond acceptors (Lipinski definition) is 0. The summed E-state index contributed by atoms with van der Waals surface area (Å²) >= 11 is 7.29. The van der Waals surface area contributed by atoms with Gasteiger partial charge < -0.3 is 0 Å². The molecule has 0 spiro atoms. The smallest absolute Gasteiger partial charge is 0.0310 e. The zero-order valence-corrected chi connectivity index (χ0v) is 14.5. The normalized spacial score (nSPS) is 37.0. The van der Waals surface area contributed by atoms with Gasteiger partial charge in [0.1, 0.15) is 0 Å². The van der Waals surface area contributed by atoms with Gasteiger partial charge in [-0.2, -0.15) is 0 Å². The van der Waals surface area contributed by atoms with Gasteiger partial charge in [-0.1, -0.05) is 70.0 Å². The van der Waals surface area contributed by atoms with Crippen LogP contribution < -0.4 is 0 Å². The molecule has 0 aromatic carbocycles. The van der Waals surface area contributed by atoms with Crippen molar-refractivity contribution in [2.24, 2.45) is 10.8 Å². The Bertz CT molecular complexity index is 688. The summed E-state index contributed by atoms with van der Waals surface area (Å²) in [6, 6.07) is 0. The van der Waals surface area contributed by atoms with Crippen molar-refractivity contribution in [3.05, 3.63) is 79.9 Å². The summed E-state index contributed by atoms with van der Waals surface area (Å²) in [5.41, 5.74) is 5.56. The Morgan fingerprint density at radius 2 is 1.05 bits per heavy atom. The lowest BCUT2D eigenvalue weighted by Crippen LogP contribution is -2.47. The molecule has 100 valence electrons. The van der Waals surface area contributed by atoms with Crippen molar-refractivity contribution >= 4 is 31.9 Å². The van der Waals surface area contributed by atoms with E-state index >= 15 is 0 Å². The second kappa shape index (κ2) is 3.86. The molecule has 0 heterocycles. The first kappa shape index (κ1) is 12.8. The molecule has 0 bridgehead atoms. The monoisotopic (exact) mass is 388 g/mol. The third-order valence-electron chi connectivity index (χ3n) is 5.37. The summed E-state index contributed by atoms with van der Waals surface area (Å²) in [4.78, 5) is 0. The van der Waals surface area contributed by atoms with E-state index in [1.165, 1.54) is 22.3 Å². The van der Waals surface area contributed by atoms with Crippen molar-refractivity contribution in [2.75, 3.05) is 0 Å². The van der Waals surface area contributed by atoms with E-state index in [9.17, 15) is 0 Å². The maximum atomic E-state index is 3.64. The van der Waals surface area contributed by atoms with Crippen LogP contribution in [0.3, 0.4) is 0 Å². The van der Waals surface area contributed by atoms with Crippen molar-refractivity contribution in [1.29, 1.82) is 0 Å². The van der Waals surface area contributed by atoms with Gasteiger partial charge >= 0.3 is 0 Å². The Hall–Kier alpha value is -0.860. The maximum absolute atomic E-state index is 3.64. The third-order valence-corrected chi connectivity index (χ3v) is 6.28. The van der Waals surface area contributed by atoms with Crippen molar-refractivity contribution in [3.8, 4) is 0 Å². The van der Waals surface area contributed by atoms with E-state index in [-0.39, 0.29) is 10.8 Å². The van der Waals surface area contributed by atoms with Crippen LogP contribution >= 0.6 is 31.9 Å². The number of rotatable bonds is 0. The van der Waals surface area contributed by atoms with E-state index in [2.05, 4.69) is 94.3 Å². The second-order valence-electron chi connectivity index (χ2n) is 6.09. The Morgan fingerprint density at radius 3 is 1.45 bits per heavy atom. The lowest BCUT2D eigenvalue weighted by atomic mass is 9.47. The quantitative estimate of drug-likeness (QED) is 0.485. The van der Waals surface area contributed by atoms with Crippen molar-refractivity contribution in [1.82, 2.24) is 0 Å². The molecule has 0 radical (unpaired) electrons. The molecule has 0 nitrogen and oxygen atoms in total. The zero-order chi connectivity index (χ0) is 14.1. The SMILES string of the molecule is CC12C3=CC=C4C=C(Br)C=C(C=CC1=CC(Br)=C3)C42C. The Labute approximate surface area is 136 Å². The predicted molar refractivity (Wildman–Crippen MR) is 91.7 cm³/mol. The van der Waals surface area contributed by atoms with Gasteiger partial charge in [-0.05, 0) is 46.6 Å². The maximum Gasteiger partial charge on any atom is 0.0310 e. The molecule has 0 amide bonds. The molecule has 2 atom stereocenters. The fourth-order valence-corrected chi connectivity index (χ4v) is 4.95. The highest BCUT2D eigenvalue weighted by Crippen LogP contribution is 2.65. The standard InChI is InChI=1S/C18H14Br2/c1-17-11-3-5-13-9-16(20)10-14(18(13,17)2)6-4-12(17)8-15(19)7-11/h3-10H,1-2H3. The van der Waals surface area contributed by atoms with Gasteiger partial charge in [0.25, 0.3) is 0 Å². The molecule has 4 aliphatic carbocycles. The molecule has 0 aliphatic heterocycles. The highest BCUT2D eigenvalue weighted by molar-refractivity contribution is 9.12. The average molecular weight is 390 g/mol. The number of halogens is 2. The molecule has 0 saturated carbocycles. The summed E-state index contributed by atoms with van der Waals surface area (Å²) in [5, 5.41) is 0. The minimum Gasteiger partial charge on any atom is -0.0578 e. The molecular weight excluding hydrogens is 376 g/mol.